The SMILES string of the molecule is Cc1ccc2c(c1)c1cc(C[Si](C)C)ccc1n2-c1nnc(-n2c3ccc(C[Si](C)C)cc3c3cc([Si](C)(C)C)ccc32)s1. The molecule has 7 rings (SSSR count). The van der Waals surface area contributed by atoms with Crippen LogP contribution < -0.4 is 5.19 Å². The number of hydrogen-bond acceptors (Lipinski definition) is 3. The van der Waals surface area contributed by atoms with E-state index >= 15 is 0 Å². The summed E-state index contributed by atoms with van der Waals surface area (Å²) < 4.78 is 4.66. The number of aromatic nitrogens is 4. The molecule has 0 N–H and O–H groups in total. The van der Waals surface area contributed by atoms with E-state index in [-0.39, 0.29) is 17.6 Å². The monoisotopic (exact) mass is 644 g/mol. The van der Waals surface area contributed by atoms with Crippen molar-refractivity contribution in [1.82, 2.24) is 19.3 Å². The Balaban J connectivity index is 1.44. The molecule has 0 aliphatic carbocycles. The van der Waals surface area contributed by atoms with E-state index in [0.29, 0.717) is 0 Å². The molecule has 0 aliphatic rings. The van der Waals surface area contributed by atoms with E-state index in [0.717, 1.165) is 10.3 Å². The summed E-state index contributed by atoms with van der Waals surface area (Å²) in [5.74, 6) is 0. The Labute approximate surface area is 268 Å². The first-order valence-electron chi connectivity index (χ1n) is 15.5. The predicted molar refractivity (Wildman–Crippen MR) is 199 cm³/mol. The van der Waals surface area contributed by atoms with Gasteiger partial charge in [-0.15, -0.1) is 10.2 Å². The van der Waals surface area contributed by atoms with Crippen molar-refractivity contribution in [2.75, 3.05) is 0 Å². The van der Waals surface area contributed by atoms with E-state index < -0.39 is 8.07 Å². The van der Waals surface area contributed by atoms with Crippen molar-refractivity contribution in [3.63, 3.8) is 0 Å². The Hall–Kier alpha value is -3.31. The molecule has 0 saturated heterocycles. The van der Waals surface area contributed by atoms with Gasteiger partial charge in [-0.1, -0.05) is 109 Å². The van der Waals surface area contributed by atoms with Gasteiger partial charge in [-0.2, -0.15) is 0 Å². The molecule has 4 nitrogen and oxygen atoms in total. The number of rotatable bonds is 7. The minimum absolute atomic E-state index is 0.364. The van der Waals surface area contributed by atoms with E-state index in [1.807, 2.05) is 0 Å². The zero-order valence-electron chi connectivity index (χ0n) is 27.0. The quantitative estimate of drug-likeness (QED) is 0.162. The van der Waals surface area contributed by atoms with Crippen LogP contribution in [0.5, 0.6) is 0 Å². The van der Waals surface area contributed by atoms with Gasteiger partial charge in [0.2, 0.25) is 10.3 Å². The van der Waals surface area contributed by atoms with Crippen LogP contribution in [-0.4, -0.2) is 45.0 Å². The van der Waals surface area contributed by atoms with Gasteiger partial charge in [-0.3, -0.25) is 9.13 Å². The molecule has 0 amide bonds. The van der Waals surface area contributed by atoms with Crippen LogP contribution in [-0.2, 0) is 12.1 Å². The summed E-state index contributed by atoms with van der Waals surface area (Å²) in [4.78, 5) is 0. The van der Waals surface area contributed by atoms with Crippen molar-refractivity contribution in [1.29, 1.82) is 0 Å². The first-order valence-corrected chi connectivity index (χ1v) is 25.2. The molecule has 0 atom stereocenters. The summed E-state index contributed by atoms with van der Waals surface area (Å²) in [6.45, 7) is 19.0. The molecule has 0 aliphatic heterocycles. The van der Waals surface area contributed by atoms with Crippen molar-refractivity contribution in [3.8, 4) is 10.3 Å². The third-order valence-corrected chi connectivity index (χ3v) is 13.7. The van der Waals surface area contributed by atoms with Crippen molar-refractivity contribution in [3.05, 3.63) is 89.5 Å². The molecular formula is C36H40N4SSi3. The molecule has 3 heterocycles. The van der Waals surface area contributed by atoms with Gasteiger partial charge in [-0.25, -0.2) is 0 Å². The normalized spacial score (nSPS) is 12.7. The second-order valence-corrected chi connectivity index (χ2v) is 25.6. The molecule has 8 heteroatoms. The van der Waals surface area contributed by atoms with Gasteiger partial charge >= 0.3 is 0 Å². The molecule has 0 saturated carbocycles. The first-order chi connectivity index (χ1) is 21.0. The van der Waals surface area contributed by atoms with Crippen LogP contribution in [0, 0.1) is 6.92 Å². The van der Waals surface area contributed by atoms with E-state index in [1.165, 1.54) is 77.6 Å². The lowest BCUT2D eigenvalue weighted by molar-refractivity contribution is 0.975. The lowest BCUT2D eigenvalue weighted by Gasteiger charge is -2.16. The second-order valence-electron chi connectivity index (χ2n) is 14.0. The average Bonchev–Trinajstić information content (AvgIpc) is 3.63. The van der Waals surface area contributed by atoms with Crippen molar-refractivity contribution >= 4 is 85.8 Å². The average molecular weight is 645 g/mol. The van der Waals surface area contributed by atoms with E-state index in [1.54, 1.807) is 11.3 Å². The van der Waals surface area contributed by atoms with Crippen LogP contribution in [0.4, 0.5) is 0 Å². The van der Waals surface area contributed by atoms with Crippen molar-refractivity contribution in [2.45, 2.75) is 64.8 Å². The second kappa shape index (κ2) is 10.9. The molecule has 222 valence electrons. The molecule has 7 aromatic rings. The summed E-state index contributed by atoms with van der Waals surface area (Å²) in [5.41, 5.74) is 8.94. The lowest BCUT2D eigenvalue weighted by atomic mass is 10.1. The largest absolute Gasteiger partial charge is 0.284 e. The highest BCUT2D eigenvalue weighted by Gasteiger charge is 2.22. The van der Waals surface area contributed by atoms with Gasteiger partial charge in [0.1, 0.15) is 0 Å². The number of nitrogens with zero attached hydrogens (tertiary/aromatic N) is 4. The number of fused-ring (bicyclic) bond motifs is 6. The molecule has 0 bridgehead atoms. The summed E-state index contributed by atoms with van der Waals surface area (Å²) >= 11 is 1.67. The zero-order chi connectivity index (χ0) is 30.9. The minimum atomic E-state index is -1.48. The standard InChI is InChI=1S/C36H40N4SSi3/c1-23-9-13-31-27(17-23)28-18-24(21-42(2)3)10-14-32(28)39(31)35-37-38-36(41-35)40-33-15-11-25(22-43(4)5)19-29(33)30-20-26(44(6,7)8)12-16-34(30)40/h9-20H,21-22H2,1-8H3. The highest BCUT2D eigenvalue weighted by Crippen LogP contribution is 2.37. The molecule has 2 radical (unpaired) electrons. The van der Waals surface area contributed by atoms with E-state index in [9.17, 15) is 0 Å². The van der Waals surface area contributed by atoms with Gasteiger partial charge in [0.25, 0.3) is 0 Å². The van der Waals surface area contributed by atoms with Crippen LogP contribution >= 0.6 is 11.3 Å². The smallest absolute Gasteiger partial charge is 0.219 e. The van der Waals surface area contributed by atoms with Gasteiger partial charge in [0, 0.05) is 39.1 Å². The molecule has 3 aromatic heterocycles. The number of benzene rings is 4. The minimum Gasteiger partial charge on any atom is -0.284 e. The van der Waals surface area contributed by atoms with Crippen LogP contribution in [0.15, 0.2) is 72.8 Å². The third-order valence-electron chi connectivity index (χ3n) is 8.58. The molecule has 4 aromatic carbocycles. The van der Waals surface area contributed by atoms with Crippen LogP contribution in [0.3, 0.4) is 0 Å². The number of hydrogen-bond donors (Lipinski definition) is 0. The maximum absolute atomic E-state index is 4.87. The summed E-state index contributed by atoms with van der Waals surface area (Å²) in [5, 5.41) is 18.3. The highest BCUT2D eigenvalue weighted by molar-refractivity contribution is 7.16. The van der Waals surface area contributed by atoms with Gasteiger partial charge in [-0.05, 0) is 61.5 Å². The zero-order valence-corrected chi connectivity index (χ0v) is 30.9. The van der Waals surface area contributed by atoms with E-state index in [2.05, 4.69) is 135 Å². The van der Waals surface area contributed by atoms with Gasteiger partial charge < -0.3 is 0 Å². The van der Waals surface area contributed by atoms with Crippen molar-refractivity contribution < 1.29 is 0 Å². The Bertz CT molecular complexity index is 2200. The van der Waals surface area contributed by atoms with E-state index in [4.69, 9.17) is 10.2 Å². The molecule has 44 heavy (non-hydrogen) atoms. The van der Waals surface area contributed by atoms with Crippen LogP contribution in [0.2, 0.25) is 45.8 Å². The number of aryl methyl sites for hydroxylation is 1. The third kappa shape index (κ3) is 5.11. The molecule has 0 unspecified atom stereocenters. The van der Waals surface area contributed by atoms with Crippen LogP contribution in [0.1, 0.15) is 16.7 Å². The molecule has 0 spiro atoms. The highest BCUT2D eigenvalue weighted by atomic mass is 32.1. The Morgan fingerprint density at radius 1 is 0.591 bits per heavy atom. The predicted octanol–water partition coefficient (Wildman–Crippen LogP) is 9.26. The summed E-state index contributed by atoms with van der Waals surface area (Å²) in [6.07, 6.45) is 0. The maximum Gasteiger partial charge on any atom is 0.219 e. The fraction of sp³-hybridized carbons (Fsp3) is 0.278. The fourth-order valence-corrected chi connectivity index (χ4v) is 10.7. The Kier molecular flexibility index (Phi) is 7.31. The topological polar surface area (TPSA) is 35.6 Å². The molecular weight excluding hydrogens is 605 g/mol. The first kappa shape index (κ1) is 29.4. The Morgan fingerprint density at radius 3 is 1.50 bits per heavy atom. The molecule has 0 fully saturated rings. The fourth-order valence-electron chi connectivity index (χ4n) is 6.56. The van der Waals surface area contributed by atoms with Gasteiger partial charge in [0.05, 0.1) is 30.1 Å². The van der Waals surface area contributed by atoms with Gasteiger partial charge in [0.15, 0.2) is 0 Å². The Morgan fingerprint density at radius 2 is 1.02 bits per heavy atom. The summed E-state index contributed by atoms with van der Waals surface area (Å²) in [7, 11) is -2.22. The lowest BCUT2D eigenvalue weighted by Crippen LogP contribution is -2.37. The van der Waals surface area contributed by atoms with Crippen LogP contribution in [0.25, 0.3) is 53.9 Å². The maximum atomic E-state index is 4.87. The van der Waals surface area contributed by atoms with Crippen molar-refractivity contribution in [2.24, 2.45) is 0 Å². The summed E-state index contributed by atoms with van der Waals surface area (Å²) in [6, 6.07) is 30.3.